The van der Waals surface area contributed by atoms with E-state index in [1.807, 2.05) is 11.0 Å². The summed E-state index contributed by atoms with van der Waals surface area (Å²) in [4.78, 5) is 20.4. The third-order valence-corrected chi connectivity index (χ3v) is 6.79. The van der Waals surface area contributed by atoms with E-state index in [2.05, 4.69) is 41.8 Å². The van der Waals surface area contributed by atoms with Crippen molar-refractivity contribution in [1.82, 2.24) is 9.80 Å². The first-order chi connectivity index (χ1) is 12.6. The molecule has 3 aliphatic rings. The lowest BCUT2D eigenvalue weighted by atomic mass is 9.93. The monoisotopic (exact) mass is 355 g/mol. The Morgan fingerprint density at radius 3 is 2.46 bits per heavy atom. The molecule has 26 heavy (non-hydrogen) atoms. The van der Waals surface area contributed by atoms with E-state index in [4.69, 9.17) is 0 Å². The maximum atomic E-state index is 13.3. The quantitative estimate of drug-likeness (QED) is 0.832. The molecule has 0 spiro atoms. The van der Waals surface area contributed by atoms with Gasteiger partial charge in [-0.05, 0) is 44.7 Å². The van der Waals surface area contributed by atoms with E-state index in [9.17, 15) is 4.79 Å². The molecule has 0 N–H and O–H groups in total. The Balaban J connectivity index is 1.37. The van der Waals surface area contributed by atoms with Gasteiger partial charge in [-0.15, -0.1) is 0 Å². The van der Waals surface area contributed by atoms with Crippen LogP contribution in [-0.2, 0) is 11.2 Å². The summed E-state index contributed by atoms with van der Waals surface area (Å²) in [6.07, 6.45) is 7.92. The Kier molecular flexibility index (Phi) is 5.32. The highest BCUT2D eigenvalue weighted by Gasteiger charge is 2.36. The molecule has 4 rings (SSSR count). The molecule has 1 amide bonds. The minimum absolute atomic E-state index is 0.0305. The molecule has 1 aliphatic carbocycles. The van der Waals surface area contributed by atoms with Crippen molar-refractivity contribution in [3.63, 3.8) is 0 Å². The lowest BCUT2D eigenvalue weighted by molar-refractivity contribution is -0.124. The van der Waals surface area contributed by atoms with Crippen LogP contribution in [0.2, 0.25) is 0 Å². The third kappa shape index (κ3) is 3.41. The Morgan fingerprint density at radius 1 is 1.04 bits per heavy atom. The highest BCUT2D eigenvalue weighted by Crippen LogP contribution is 2.33. The summed E-state index contributed by atoms with van der Waals surface area (Å²) < 4.78 is 0. The number of amides is 1. The van der Waals surface area contributed by atoms with Crippen LogP contribution in [0.4, 0.5) is 5.69 Å². The molecular formula is C22H33N3O. The summed E-state index contributed by atoms with van der Waals surface area (Å²) in [5, 5.41) is 0. The average molecular weight is 356 g/mol. The Hall–Kier alpha value is -1.39. The van der Waals surface area contributed by atoms with Crippen LogP contribution >= 0.6 is 0 Å². The van der Waals surface area contributed by atoms with Crippen LogP contribution in [0.15, 0.2) is 24.3 Å². The van der Waals surface area contributed by atoms with E-state index < -0.39 is 0 Å². The van der Waals surface area contributed by atoms with E-state index in [-0.39, 0.29) is 18.0 Å². The molecule has 1 saturated carbocycles. The molecular weight excluding hydrogens is 322 g/mol. The van der Waals surface area contributed by atoms with Gasteiger partial charge in [-0.1, -0.05) is 37.5 Å². The molecule has 4 heteroatoms. The van der Waals surface area contributed by atoms with Gasteiger partial charge >= 0.3 is 0 Å². The van der Waals surface area contributed by atoms with Gasteiger partial charge in [-0.25, -0.2) is 0 Å². The second-order valence-corrected chi connectivity index (χ2v) is 8.43. The largest absolute Gasteiger partial charge is 0.308 e. The molecule has 2 unspecified atom stereocenters. The van der Waals surface area contributed by atoms with Crippen LogP contribution in [0.1, 0.15) is 51.5 Å². The highest BCUT2D eigenvalue weighted by atomic mass is 16.2. The summed E-state index contributed by atoms with van der Waals surface area (Å²) >= 11 is 0. The van der Waals surface area contributed by atoms with Gasteiger partial charge in [-0.2, -0.15) is 0 Å². The van der Waals surface area contributed by atoms with Crippen molar-refractivity contribution in [1.29, 1.82) is 0 Å². The van der Waals surface area contributed by atoms with Crippen molar-refractivity contribution in [2.45, 2.75) is 70.5 Å². The number of carbonyl (C=O) groups excluding carboxylic acids is 1. The minimum Gasteiger partial charge on any atom is -0.308 e. The van der Waals surface area contributed by atoms with Crippen molar-refractivity contribution < 1.29 is 4.79 Å². The maximum Gasteiger partial charge on any atom is 0.244 e. The van der Waals surface area contributed by atoms with Crippen LogP contribution in [0.3, 0.4) is 0 Å². The average Bonchev–Trinajstić information content (AvgIpc) is 3.03. The number of nitrogens with zero attached hydrogens (tertiary/aromatic N) is 3. The van der Waals surface area contributed by atoms with Gasteiger partial charge in [0, 0.05) is 44.0 Å². The molecule has 1 aromatic rings. The van der Waals surface area contributed by atoms with Crippen LogP contribution in [0, 0.1) is 0 Å². The fourth-order valence-electron chi connectivity index (χ4n) is 5.19. The zero-order valence-electron chi connectivity index (χ0n) is 16.4. The molecule has 142 valence electrons. The number of benzene rings is 1. The summed E-state index contributed by atoms with van der Waals surface area (Å²) in [5.74, 6) is 0.272. The van der Waals surface area contributed by atoms with E-state index in [0.29, 0.717) is 0 Å². The SMILES string of the molecule is CC(C(=O)N1c2ccccc2CC1C)N1CCN(C2CCCCC2)CC1. The lowest BCUT2D eigenvalue weighted by Gasteiger charge is -2.43. The Bertz CT molecular complexity index is 632. The molecule has 4 nitrogen and oxygen atoms in total. The van der Waals surface area contributed by atoms with E-state index >= 15 is 0 Å². The molecule has 2 atom stereocenters. The summed E-state index contributed by atoms with van der Waals surface area (Å²) in [6.45, 7) is 8.56. The number of hydrogen-bond acceptors (Lipinski definition) is 3. The van der Waals surface area contributed by atoms with Crippen molar-refractivity contribution >= 4 is 11.6 Å². The first kappa shape index (κ1) is 18.0. The lowest BCUT2D eigenvalue weighted by Crippen LogP contribution is -2.57. The van der Waals surface area contributed by atoms with Crippen LogP contribution in [0.5, 0.6) is 0 Å². The fraction of sp³-hybridized carbons (Fsp3) is 0.682. The number of para-hydroxylation sites is 1. The predicted octanol–water partition coefficient (Wildman–Crippen LogP) is 3.30. The minimum atomic E-state index is -0.0305. The number of piperazine rings is 1. The van der Waals surface area contributed by atoms with Crippen molar-refractivity contribution in [3.8, 4) is 0 Å². The van der Waals surface area contributed by atoms with Crippen LogP contribution in [0.25, 0.3) is 0 Å². The summed E-state index contributed by atoms with van der Waals surface area (Å²) in [6, 6.07) is 9.42. The molecule has 1 aromatic carbocycles. The third-order valence-electron chi connectivity index (χ3n) is 6.79. The summed E-state index contributed by atoms with van der Waals surface area (Å²) in [5.41, 5.74) is 2.43. The predicted molar refractivity (Wildman–Crippen MR) is 107 cm³/mol. The van der Waals surface area contributed by atoms with E-state index in [1.54, 1.807) is 0 Å². The first-order valence-electron chi connectivity index (χ1n) is 10.5. The first-order valence-corrected chi connectivity index (χ1v) is 10.5. The highest BCUT2D eigenvalue weighted by molar-refractivity contribution is 5.99. The van der Waals surface area contributed by atoms with Gasteiger partial charge in [0.2, 0.25) is 5.91 Å². The number of fused-ring (bicyclic) bond motifs is 1. The summed E-state index contributed by atoms with van der Waals surface area (Å²) in [7, 11) is 0. The Morgan fingerprint density at radius 2 is 1.73 bits per heavy atom. The van der Waals surface area contributed by atoms with Gasteiger partial charge in [0.15, 0.2) is 0 Å². The van der Waals surface area contributed by atoms with Crippen molar-refractivity contribution in [2.75, 3.05) is 31.1 Å². The Labute approximate surface area is 158 Å². The van der Waals surface area contributed by atoms with Gasteiger partial charge in [0.05, 0.1) is 6.04 Å². The van der Waals surface area contributed by atoms with Crippen LogP contribution in [-0.4, -0.2) is 60.0 Å². The maximum absolute atomic E-state index is 13.3. The molecule has 2 aliphatic heterocycles. The molecule has 0 bridgehead atoms. The number of anilines is 1. The zero-order chi connectivity index (χ0) is 18.1. The number of carbonyl (C=O) groups is 1. The van der Waals surface area contributed by atoms with Crippen molar-refractivity contribution in [2.24, 2.45) is 0 Å². The van der Waals surface area contributed by atoms with Gasteiger partial charge in [-0.3, -0.25) is 14.6 Å². The molecule has 2 heterocycles. The normalized spacial score (nSPS) is 26.7. The van der Waals surface area contributed by atoms with E-state index in [0.717, 1.165) is 44.3 Å². The smallest absolute Gasteiger partial charge is 0.244 e. The van der Waals surface area contributed by atoms with Gasteiger partial charge < -0.3 is 4.90 Å². The van der Waals surface area contributed by atoms with Gasteiger partial charge in [0.1, 0.15) is 0 Å². The van der Waals surface area contributed by atoms with Gasteiger partial charge in [0.25, 0.3) is 0 Å². The number of hydrogen-bond donors (Lipinski definition) is 0. The molecule has 0 radical (unpaired) electrons. The van der Waals surface area contributed by atoms with E-state index in [1.165, 1.54) is 37.7 Å². The standard InChI is InChI=1S/C22H33N3O/c1-17-16-19-8-6-7-11-21(19)25(17)22(26)18(2)23-12-14-24(15-13-23)20-9-4-3-5-10-20/h6-8,11,17-18,20H,3-5,9-10,12-16H2,1-2H3. The number of rotatable bonds is 3. The molecule has 1 saturated heterocycles. The van der Waals surface area contributed by atoms with Crippen LogP contribution < -0.4 is 4.90 Å². The molecule has 2 fully saturated rings. The van der Waals surface area contributed by atoms with Crippen molar-refractivity contribution in [3.05, 3.63) is 29.8 Å². The second kappa shape index (κ2) is 7.69. The zero-order valence-corrected chi connectivity index (χ0v) is 16.4. The fourth-order valence-corrected chi connectivity index (χ4v) is 5.19. The topological polar surface area (TPSA) is 26.8 Å². The second-order valence-electron chi connectivity index (χ2n) is 8.43. The molecule has 0 aromatic heterocycles.